The fourth-order valence-electron chi connectivity index (χ4n) is 2.16. The Morgan fingerprint density at radius 3 is 2.26 bits per heavy atom. The molecule has 0 saturated carbocycles. The standard InChI is InChI=1S/C16H19ClN2/c1-18-16(12-7-9-14(17)10-8-12)13-5-4-6-15(11-13)19(2)3/h4-11,16,18H,1-3H3. The van der Waals surface area contributed by atoms with Crippen molar-refractivity contribution in [1.82, 2.24) is 5.32 Å². The molecule has 0 amide bonds. The molecule has 3 heteroatoms. The SMILES string of the molecule is CNC(c1ccc(Cl)cc1)c1cccc(N(C)C)c1. The first-order valence-corrected chi connectivity index (χ1v) is 6.69. The van der Waals surface area contributed by atoms with Gasteiger partial charge >= 0.3 is 0 Å². The maximum absolute atomic E-state index is 5.95. The van der Waals surface area contributed by atoms with Gasteiger partial charge in [-0.1, -0.05) is 35.9 Å². The molecule has 2 nitrogen and oxygen atoms in total. The Morgan fingerprint density at radius 2 is 1.68 bits per heavy atom. The molecular formula is C16H19ClN2. The third-order valence-corrected chi connectivity index (χ3v) is 3.46. The highest BCUT2D eigenvalue weighted by Crippen LogP contribution is 2.25. The fraction of sp³-hybridized carbons (Fsp3) is 0.250. The number of hydrogen-bond acceptors (Lipinski definition) is 2. The van der Waals surface area contributed by atoms with Crippen LogP contribution in [0.5, 0.6) is 0 Å². The van der Waals surface area contributed by atoms with Crippen LogP contribution < -0.4 is 10.2 Å². The number of benzene rings is 2. The highest BCUT2D eigenvalue weighted by Gasteiger charge is 2.12. The largest absolute Gasteiger partial charge is 0.378 e. The van der Waals surface area contributed by atoms with E-state index < -0.39 is 0 Å². The number of nitrogens with zero attached hydrogens (tertiary/aromatic N) is 1. The van der Waals surface area contributed by atoms with Crippen LogP contribution in [0.25, 0.3) is 0 Å². The van der Waals surface area contributed by atoms with Gasteiger partial charge in [-0.15, -0.1) is 0 Å². The van der Waals surface area contributed by atoms with Gasteiger partial charge in [0.2, 0.25) is 0 Å². The molecule has 1 N–H and O–H groups in total. The van der Waals surface area contributed by atoms with E-state index in [1.807, 2.05) is 19.2 Å². The van der Waals surface area contributed by atoms with Gasteiger partial charge in [0, 0.05) is 24.8 Å². The molecule has 0 bridgehead atoms. The van der Waals surface area contributed by atoms with Crippen LogP contribution in [0.2, 0.25) is 5.02 Å². The predicted octanol–water partition coefficient (Wildman–Crippen LogP) is 3.71. The minimum Gasteiger partial charge on any atom is -0.378 e. The molecule has 0 spiro atoms. The van der Waals surface area contributed by atoms with Crippen LogP contribution in [0.4, 0.5) is 5.69 Å². The molecule has 2 rings (SSSR count). The summed E-state index contributed by atoms with van der Waals surface area (Å²) in [5, 5.41) is 4.12. The zero-order chi connectivity index (χ0) is 13.8. The quantitative estimate of drug-likeness (QED) is 0.914. The summed E-state index contributed by atoms with van der Waals surface area (Å²) < 4.78 is 0. The second kappa shape index (κ2) is 6.09. The molecule has 0 radical (unpaired) electrons. The minimum absolute atomic E-state index is 0.178. The highest BCUT2D eigenvalue weighted by molar-refractivity contribution is 6.30. The molecule has 2 aromatic carbocycles. The Morgan fingerprint density at radius 1 is 1.00 bits per heavy atom. The first kappa shape index (κ1) is 13.9. The smallest absolute Gasteiger partial charge is 0.0575 e. The van der Waals surface area contributed by atoms with Gasteiger partial charge in [0.05, 0.1) is 6.04 Å². The molecule has 0 aromatic heterocycles. The Balaban J connectivity index is 2.36. The van der Waals surface area contributed by atoms with Crippen LogP contribution in [0.3, 0.4) is 0 Å². The van der Waals surface area contributed by atoms with E-state index in [9.17, 15) is 0 Å². The van der Waals surface area contributed by atoms with Gasteiger partial charge in [0.25, 0.3) is 0 Å². The van der Waals surface area contributed by atoms with Gasteiger partial charge in [0.1, 0.15) is 0 Å². The van der Waals surface area contributed by atoms with Crippen molar-refractivity contribution < 1.29 is 0 Å². The topological polar surface area (TPSA) is 15.3 Å². The molecule has 0 aliphatic heterocycles. The van der Waals surface area contributed by atoms with Crippen molar-refractivity contribution in [3.05, 3.63) is 64.7 Å². The van der Waals surface area contributed by atoms with Gasteiger partial charge in [-0.05, 0) is 42.4 Å². The van der Waals surface area contributed by atoms with Crippen molar-refractivity contribution >= 4 is 17.3 Å². The lowest BCUT2D eigenvalue weighted by molar-refractivity contribution is 0.692. The molecule has 1 atom stereocenters. The first-order chi connectivity index (χ1) is 9.11. The summed E-state index contributed by atoms with van der Waals surface area (Å²) in [5.74, 6) is 0. The molecule has 0 aliphatic carbocycles. The zero-order valence-corrected chi connectivity index (χ0v) is 12.3. The molecule has 0 heterocycles. The van der Waals surface area contributed by atoms with Crippen molar-refractivity contribution in [3.8, 4) is 0 Å². The second-order valence-electron chi connectivity index (χ2n) is 4.76. The second-order valence-corrected chi connectivity index (χ2v) is 5.20. The normalized spacial score (nSPS) is 12.2. The van der Waals surface area contributed by atoms with Gasteiger partial charge in [-0.3, -0.25) is 0 Å². The highest BCUT2D eigenvalue weighted by atomic mass is 35.5. The Kier molecular flexibility index (Phi) is 4.46. The van der Waals surface area contributed by atoms with Crippen LogP contribution in [0.1, 0.15) is 17.2 Å². The summed E-state index contributed by atoms with van der Waals surface area (Å²) in [6.07, 6.45) is 0. The molecule has 0 aliphatic rings. The van der Waals surface area contributed by atoms with Crippen LogP contribution in [0.15, 0.2) is 48.5 Å². The van der Waals surface area contributed by atoms with E-state index >= 15 is 0 Å². The van der Waals surface area contributed by atoms with E-state index in [-0.39, 0.29) is 6.04 Å². The molecule has 2 aromatic rings. The van der Waals surface area contributed by atoms with Gasteiger partial charge in [-0.2, -0.15) is 0 Å². The summed E-state index contributed by atoms with van der Waals surface area (Å²) in [6.45, 7) is 0. The van der Waals surface area contributed by atoms with Gasteiger partial charge in [-0.25, -0.2) is 0 Å². The number of rotatable bonds is 4. The third-order valence-electron chi connectivity index (χ3n) is 3.21. The minimum atomic E-state index is 0.178. The molecule has 0 fully saturated rings. The Hall–Kier alpha value is -1.51. The first-order valence-electron chi connectivity index (χ1n) is 6.32. The van der Waals surface area contributed by atoms with Crippen LogP contribution in [-0.4, -0.2) is 21.1 Å². The van der Waals surface area contributed by atoms with Crippen LogP contribution in [-0.2, 0) is 0 Å². The van der Waals surface area contributed by atoms with Crippen molar-refractivity contribution in [3.63, 3.8) is 0 Å². The van der Waals surface area contributed by atoms with E-state index in [0.29, 0.717) is 0 Å². The number of hydrogen-bond donors (Lipinski definition) is 1. The third kappa shape index (κ3) is 3.28. The number of anilines is 1. The molecule has 0 saturated heterocycles. The molecular weight excluding hydrogens is 256 g/mol. The molecule has 100 valence electrons. The maximum atomic E-state index is 5.95. The Bertz CT molecular complexity index is 535. The molecule has 1 unspecified atom stereocenters. The van der Waals surface area contributed by atoms with Crippen molar-refractivity contribution in [2.75, 3.05) is 26.0 Å². The lowest BCUT2D eigenvalue weighted by Crippen LogP contribution is -2.18. The monoisotopic (exact) mass is 274 g/mol. The summed E-state index contributed by atoms with van der Waals surface area (Å²) in [6, 6.07) is 16.7. The average Bonchev–Trinajstić information content (AvgIpc) is 2.42. The number of nitrogens with one attached hydrogen (secondary N) is 1. The van der Waals surface area contributed by atoms with E-state index in [0.717, 1.165) is 5.02 Å². The van der Waals surface area contributed by atoms with Crippen molar-refractivity contribution in [2.45, 2.75) is 6.04 Å². The molecule has 19 heavy (non-hydrogen) atoms. The summed E-state index contributed by atoms with van der Waals surface area (Å²) in [7, 11) is 6.08. The number of halogens is 1. The van der Waals surface area contributed by atoms with Crippen LogP contribution >= 0.6 is 11.6 Å². The summed E-state index contributed by atoms with van der Waals surface area (Å²) >= 11 is 5.95. The van der Waals surface area contributed by atoms with Crippen molar-refractivity contribution in [2.24, 2.45) is 0 Å². The van der Waals surface area contributed by atoms with E-state index in [1.54, 1.807) is 0 Å². The lowest BCUT2D eigenvalue weighted by atomic mass is 9.98. The van der Waals surface area contributed by atoms with E-state index in [4.69, 9.17) is 11.6 Å². The van der Waals surface area contributed by atoms with Crippen LogP contribution in [0, 0.1) is 0 Å². The Labute approximate surface area is 120 Å². The van der Waals surface area contributed by atoms with Gasteiger partial charge < -0.3 is 10.2 Å². The lowest BCUT2D eigenvalue weighted by Gasteiger charge is -2.20. The average molecular weight is 275 g/mol. The van der Waals surface area contributed by atoms with E-state index in [2.05, 4.69) is 60.7 Å². The summed E-state index contributed by atoms with van der Waals surface area (Å²) in [4.78, 5) is 2.11. The fourth-order valence-corrected chi connectivity index (χ4v) is 2.29. The van der Waals surface area contributed by atoms with Gasteiger partial charge in [0.15, 0.2) is 0 Å². The predicted molar refractivity (Wildman–Crippen MR) is 83.1 cm³/mol. The summed E-state index contributed by atoms with van der Waals surface area (Å²) in [5.41, 5.74) is 3.66. The zero-order valence-electron chi connectivity index (χ0n) is 11.5. The van der Waals surface area contributed by atoms with Crippen molar-refractivity contribution in [1.29, 1.82) is 0 Å². The van der Waals surface area contributed by atoms with E-state index in [1.165, 1.54) is 16.8 Å². The maximum Gasteiger partial charge on any atom is 0.0575 e.